The van der Waals surface area contributed by atoms with Gasteiger partial charge in [0.25, 0.3) is 5.91 Å². The summed E-state index contributed by atoms with van der Waals surface area (Å²) in [6.07, 6.45) is -2.98. The summed E-state index contributed by atoms with van der Waals surface area (Å²) in [5.41, 5.74) is 3.72. The van der Waals surface area contributed by atoms with Crippen LogP contribution >= 0.6 is 12.4 Å². The van der Waals surface area contributed by atoms with Gasteiger partial charge in [-0.2, -0.15) is 0 Å². The highest BCUT2D eigenvalue weighted by Crippen LogP contribution is 2.36. The molecule has 12 heteroatoms. The standard InChI is InChI=1S/C27H25F3N4O4.ClH/c28-27(29,30)38-20-5-1-17(2-6-20)14-32-25(35)19-4-8-22-21(13-19)24(26(36)33-22)23-7-3-18(15-31-23)16-34-9-11-37-12-10-34;/h1-8,13,15,33,36H,9-12,14,16H2,(H,32,35);1H. The van der Waals surface area contributed by atoms with E-state index in [1.807, 2.05) is 12.1 Å². The number of benzene rings is 2. The van der Waals surface area contributed by atoms with Gasteiger partial charge in [0, 0.05) is 48.8 Å². The molecule has 2 aromatic heterocycles. The average molecular weight is 563 g/mol. The molecule has 1 saturated heterocycles. The summed E-state index contributed by atoms with van der Waals surface area (Å²) in [7, 11) is 0. The number of amides is 1. The number of pyridine rings is 1. The second-order valence-electron chi connectivity index (χ2n) is 8.92. The fourth-order valence-electron chi connectivity index (χ4n) is 4.35. The molecule has 3 N–H and O–H groups in total. The Morgan fingerprint density at radius 1 is 1.08 bits per heavy atom. The predicted molar refractivity (Wildman–Crippen MR) is 141 cm³/mol. The number of hydrogen-bond acceptors (Lipinski definition) is 6. The van der Waals surface area contributed by atoms with Gasteiger partial charge in [-0.15, -0.1) is 25.6 Å². The highest BCUT2D eigenvalue weighted by molar-refractivity contribution is 6.03. The molecule has 8 nitrogen and oxygen atoms in total. The molecule has 0 unspecified atom stereocenters. The van der Waals surface area contributed by atoms with E-state index in [-0.39, 0.29) is 36.5 Å². The van der Waals surface area contributed by atoms with Crippen molar-refractivity contribution in [1.82, 2.24) is 20.2 Å². The molecule has 4 aromatic rings. The fourth-order valence-corrected chi connectivity index (χ4v) is 4.35. The summed E-state index contributed by atoms with van der Waals surface area (Å²) in [4.78, 5) is 22.6. The van der Waals surface area contributed by atoms with Crippen LogP contribution in [0.3, 0.4) is 0 Å². The molecule has 0 saturated carbocycles. The zero-order chi connectivity index (χ0) is 26.7. The quantitative estimate of drug-likeness (QED) is 0.293. The lowest BCUT2D eigenvalue weighted by Crippen LogP contribution is -2.35. The number of carbonyl (C=O) groups is 1. The molecule has 0 spiro atoms. The molecular weight excluding hydrogens is 537 g/mol. The van der Waals surface area contributed by atoms with Crippen LogP contribution in [-0.4, -0.2) is 58.5 Å². The smallest absolute Gasteiger partial charge is 0.494 e. The summed E-state index contributed by atoms with van der Waals surface area (Å²) in [5, 5.41) is 14.0. The van der Waals surface area contributed by atoms with Gasteiger partial charge in [-0.3, -0.25) is 14.7 Å². The highest BCUT2D eigenvalue weighted by atomic mass is 35.5. The number of aromatic nitrogens is 2. The molecule has 0 bridgehead atoms. The maximum atomic E-state index is 12.8. The molecule has 2 aromatic carbocycles. The van der Waals surface area contributed by atoms with E-state index in [0.29, 0.717) is 46.5 Å². The number of H-pyrrole nitrogens is 1. The lowest BCUT2D eigenvalue weighted by Gasteiger charge is -2.26. The normalized spacial score (nSPS) is 14.1. The summed E-state index contributed by atoms with van der Waals surface area (Å²) in [6, 6.07) is 14.1. The minimum atomic E-state index is -4.76. The first-order valence-corrected chi connectivity index (χ1v) is 12.0. The SMILES string of the molecule is Cl.O=C(NCc1ccc(OC(F)(F)F)cc1)c1ccc2[nH]c(O)c(-c3ccc(CN4CCOCC4)cn3)c2c1. The van der Waals surface area contributed by atoms with Crippen LogP contribution in [0.5, 0.6) is 11.6 Å². The highest BCUT2D eigenvalue weighted by Gasteiger charge is 2.31. The summed E-state index contributed by atoms with van der Waals surface area (Å²) >= 11 is 0. The first-order valence-electron chi connectivity index (χ1n) is 12.0. The monoisotopic (exact) mass is 562 g/mol. The molecule has 1 amide bonds. The molecule has 0 atom stereocenters. The van der Waals surface area contributed by atoms with Crippen LogP contribution in [0.15, 0.2) is 60.8 Å². The van der Waals surface area contributed by atoms with Crippen LogP contribution < -0.4 is 10.1 Å². The van der Waals surface area contributed by atoms with Crippen molar-refractivity contribution in [2.75, 3.05) is 26.3 Å². The molecule has 1 aliphatic heterocycles. The minimum Gasteiger partial charge on any atom is -0.494 e. The molecule has 206 valence electrons. The van der Waals surface area contributed by atoms with E-state index in [1.54, 1.807) is 24.4 Å². The first kappa shape index (κ1) is 28.2. The molecule has 1 fully saturated rings. The van der Waals surface area contributed by atoms with Gasteiger partial charge in [-0.1, -0.05) is 18.2 Å². The van der Waals surface area contributed by atoms with Crippen LogP contribution in [0.4, 0.5) is 13.2 Å². The van der Waals surface area contributed by atoms with Crippen LogP contribution in [0, 0.1) is 0 Å². The van der Waals surface area contributed by atoms with E-state index in [1.165, 1.54) is 24.3 Å². The van der Waals surface area contributed by atoms with E-state index in [4.69, 9.17) is 4.74 Å². The zero-order valence-electron chi connectivity index (χ0n) is 20.6. The number of nitrogens with one attached hydrogen (secondary N) is 2. The lowest BCUT2D eigenvalue weighted by atomic mass is 10.1. The third kappa shape index (κ3) is 6.99. The molecule has 0 aliphatic carbocycles. The molecule has 5 rings (SSSR count). The first-order chi connectivity index (χ1) is 18.2. The Labute approximate surface area is 228 Å². The number of halogens is 4. The van der Waals surface area contributed by atoms with Crippen molar-refractivity contribution >= 4 is 29.2 Å². The van der Waals surface area contributed by atoms with Crippen LogP contribution in [0.25, 0.3) is 22.2 Å². The van der Waals surface area contributed by atoms with Gasteiger partial charge in [0.15, 0.2) is 5.88 Å². The third-order valence-corrected chi connectivity index (χ3v) is 6.24. The zero-order valence-corrected chi connectivity index (χ0v) is 21.4. The van der Waals surface area contributed by atoms with Gasteiger partial charge < -0.3 is 24.9 Å². The second-order valence-corrected chi connectivity index (χ2v) is 8.92. The largest absolute Gasteiger partial charge is 0.573 e. The van der Waals surface area contributed by atoms with E-state index in [2.05, 4.69) is 24.9 Å². The molecule has 3 heterocycles. The maximum Gasteiger partial charge on any atom is 0.573 e. The lowest BCUT2D eigenvalue weighted by molar-refractivity contribution is -0.274. The summed E-state index contributed by atoms with van der Waals surface area (Å²) < 4.78 is 46.2. The number of hydrogen-bond donors (Lipinski definition) is 3. The van der Waals surface area contributed by atoms with Crippen LogP contribution in [-0.2, 0) is 17.8 Å². The number of carbonyl (C=O) groups excluding carboxylic acids is 1. The van der Waals surface area contributed by atoms with Gasteiger partial charge in [0.1, 0.15) is 5.75 Å². The maximum absolute atomic E-state index is 12.8. The van der Waals surface area contributed by atoms with Crippen molar-refractivity contribution in [2.24, 2.45) is 0 Å². The number of rotatable bonds is 7. The number of ether oxygens (including phenoxy) is 2. The number of nitrogens with zero attached hydrogens (tertiary/aromatic N) is 2. The van der Waals surface area contributed by atoms with E-state index < -0.39 is 6.36 Å². The second kappa shape index (κ2) is 11.9. The van der Waals surface area contributed by atoms with Gasteiger partial charge in [0.05, 0.1) is 24.5 Å². The Balaban J connectivity index is 0.00000353. The van der Waals surface area contributed by atoms with Gasteiger partial charge in [0.2, 0.25) is 0 Å². The molecule has 39 heavy (non-hydrogen) atoms. The Bertz CT molecular complexity index is 1420. The van der Waals surface area contributed by atoms with Crippen molar-refractivity contribution in [3.63, 3.8) is 0 Å². The number of aromatic hydroxyl groups is 1. The van der Waals surface area contributed by atoms with Crippen LogP contribution in [0.1, 0.15) is 21.5 Å². The Morgan fingerprint density at radius 3 is 2.46 bits per heavy atom. The van der Waals surface area contributed by atoms with Crippen LogP contribution in [0.2, 0.25) is 0 Å². The molecular formula is C27H26ClF3N4O4. The fraction of sp³-hybridized carbons (Fsp3) is 0.259. The van der Waals surface area contributed by atoms with E-state index in [0.717, 1.165) is 25.2 Å². The van der Waals surface area contributed by atoms with Gasteiger partial charge in [-0.05, 0) is 47.5 Å². The van der Waals surface area contributed by atoms with Crippen molar-refractivity contribution in [3.8, 4) is 22.9 Å². The van der Waals surface area contributed by atoms with E-state index >= 15 is 0 Å². The number of fused-ring (bicyclic) bond motifs is 1. The number of morpholine rings is 1. The van der Waals surface area contributed by atoms with E-state index in [9.17, 15) is 23.1 Å². The van der Waals surface area contributed by atoms with Crippen molar-refractivity contribution < 1.29 is 32.5 Å². The third-order valence-electron chi connectivity index (χ3n) is 6.24. The Morgan fingerprint density at radius 2 is 1.79 bits per heavy atom. The van der Waals surface area contributed by atoms with Crippen molar-refractivity contribution in [1.29, 1.82) is 0 Å². The number of alkyl halides is 3. The van der Waals surface area contributed by atoms with Gasteiger partial charge in [-0.25, -0.2) is 0 Å². The topological polar surface area (TPSA) is 99.7 Å². The average Bonchev–Trinajstić information content (AvgIpc) is 3.23. The minimum absolute atomic E-state index is 0. The molecule has 1 aliphatic rings. The summed E-state index contributed by atoms with van der Waals surface area (Å²) in [6.45, 7) is 4.04. The Hall–Kier alpha value is -3.80. The van der Waals surface area contributed by atoms with Crippen molar-refractivity contribution in [2.45, 2.75) is 19.5 Å². The molecule has 0 radical (unpaired) electrons. The summed E-state index contributed by atoms with van der Waals surface area (Å²) in [5.74, 6) is -0.754. The van der Waals surface area contributed by atoms with Gasteiger partial charge >= 0.3 is 6.36 Å². The van der Waals surface area contributed by atoms with Crippen molar-refractivity contribution in [3.05, 3.63) is 77.5 Å². The Kier molecular flexibility index (Phi) is 8.63. The number of aromatic amines is 1. The predicted octanol–water partition coefficient (Wildman–Crippen LogP) is 5.02.